The molecule has 1 heterocycles. The average Bonchev–Trinajstić information content (AvgIpc) is 2.81. The maximum Gasteiger partial charge on any atom is 0.328 e. The van der Waals surface area contributed by atoms with E-state index >= 15 is 0 Å². The van der Waals surface area contributed by atoms with Crippen LogP contribution in [0.15, 0.2) is 35.4 Å². The van der Waals surface area contributed by atoms with Crippen LogP contribution in [0.2, 0.25) is 0 Å². The molecule has 0 radical (unpaired) electrons. The number of aliphatic hydroxyl groups is 1. The first-order valence-corrected chi connectivity index (χ1v) is 6.79. The number of rotatable bonds is 4. The normalized spacial score (nSPS) is 10.2. The number of hydrogen-bond acceptors (Lipinski definition) is 2. The Hall–Kier alpha value is -2.32. The summed E-state index contributed by atoms with van der Waals surface area (Å²) >= 11 is 0. The predicted octanol–water partition coefficient (Wildman–Crippen LogP) is 1.59. The lowest BCUT2D eigenvalue weighted by Gasteiger charge is -2.04. The van der Waals surface area contributed by atoms with Crippen LogP contribution < -0.4 is 5.69 Å². The number of aliphatic hydroxyl groups excluding tert-OH is 1. The van der Waals surface area contributed by atoms with Gasteiger partial charge in [0.25, 0.3) is 0 Å². The van der Waals surface area contributed by atoms with Crippen molar-refractivity contribution in [1.29, 1.82) is 0 Å². The highest BCUT2D eigenvalue weighted by Crippen LogP contribution is 2.11. The number of aromatic nitrogens is 2. The molecule has 0 spiro atoms. The molecule has 0 fully saturated rings. The Morgan fingerprint density at radius 2 is 2.05 bits per heavy atom. The van der Waals surface area contributed by atoms with Crippen LogP contribution in [0.4, 0.5) is 4.39 Å². The van der Waals surface area contributed by atoms with Crippen molar-refractivity contribution >= 4 is 0 Å². The number of imidazole rings is 1. The number of nitrogens with zero attached hydrogens (tertiary/aromatic N) is 2. The van der Waals surface area contributed by atoms with E-state index in [-0.39, 0.29) is 18.8 Å². The molecule has 1 aromatic heterocycles. The van der Waals surface area contributed by atoms with Gasteiger partial charge in [0, 0.05) is 30.1 Å². The molecule has 110 valence electrons. The highest BCUT2D eigenvalue weighted by molar-refractivity contribution is 5.37. The zero-order valence-electron chi connectivity index (χ0n) is 11.8. The third-order valence-electron chi connectivity index (χ3n) is 3.09. The van der Waals surface area contributed by atoms with Gasteiger partial charge < -0.3 is 5.11 Å². The molecular formula is C16H17FN2O2. The molecular weight excluding hydrogens is 271 g/mol. The van der Waals surface area contributed by atoms with Crippen LogP contribution in [0, 0.1) is 17.7 Å². The Kier molecular flexibility index (Phi) is 4.96. The lowest BCUT2D eigenvalue weighted by Crippen LogP contribution is -2.24. The van der Waals surface area contributed by atoms with Gasteiger partial charge in [-0.1, -0.05) is 24.8 Å². The van der Waals surface area contributed by atoms with E-state index in [4.69, 9.17) is 5.11 Å². The van der Waals surface area contributed by atoms with Crippen LogP contribution in [-0.2, 0) is 13.1 Å². The van der Waals surface area contributed by atoms with Crippen LogP contribution in [-0.4, -0.2) is 20.8 Å². The minimum Gasteiger partial charge on any atom is -0.384 e. The Morgan fingerprint density at radius 3 is 2.71 bits per heavy atom. The fraction of sp³-hybridized carbons (Fsp3) is 0.312. The molecule has 0 saturated carbocycles. The Bertz CT molecular complexity index is 735. The van der Waals surface area contributed by atoms with Crippen molar-refractivity contribution in [2.75, 3.05) is 6.61 Å². The van der Waals surface area contributed by atoms with Gasteiger partial charge in [0.1, 0.15) is 12.4 Å². The summed E-state index contributed by atoms with van der Waals surface area (Å²) in [5.41, 5.74) is 0.794. The second-order valence-corrected chi connectivity index (χ2v) is 4.67. The quantitative estimate of drug-likeness (QED) is 0.869. The summed E-state index contributed by atoms with van der Waals surface area (Å²) in [5.74, 6) is 4.71. The van der Waals surface area contributed by atoms with Crippen molar-refractivity contribution in [2.24, 2.45) is 0 Å². The molecule has 0 bridgehead atoms. The van der Waals surface area contributed by atoms with E-state index in [2.05, 4.69) is 11.8 Å². The monoisotopic (exact) mass is 288 g/mol. The summed E-state index contributed by atoms with van der Waals surface area (Å²) in [5, 5.41) is 8.62. The first kappa shape index (κ1) is 15.1. The minimum absolute atomic E-state index is 0.139. The molecule has 2 rings (SSSR count). The van der Waals surface area contributed by atoms with Crippen LogP contribution in [0.1, 0.15) is 24.5 Å². The first-order chi connectivity index (χ1) is 10.2. The molecule has 1 N–H and O–H groups in total. The van der Waals surface area contributed by atoms with Gasteiger partial charge in [0.05, 0.1) is 6.54 Å². The third-order valence-corrected chi connectivity index (χ3v) is 3.09. The molecule has 5 heteroatoms. The van der Waals surface area contributed by atoms with Gasteiger partial charge in [-0.05, 0) is 18.6 Å². The van der Waals surface area contributed by atoms with E-state index in [1.807, 2.05) is 6.92 Å². The molecule has 0 unspecified atom stereocenters. The summed E-state index contributed by atoms with van der Waals surface area (Å²) < 4.78 is 17.1. The lowest BCUT2D eigenvalue weighted by atomic mass is 10.1. The third kappa shape index (κ3) is 3.61. The minimum atomic E-state index is -0.408. The van der Waals surface area contributed by atoms with E-state index in [9.17, 15) is 9.18 Å². The molecule has 0 atom stereocenters. The number of aryl methyl sites for hydroxylation is 1. The molecule has 21 heavy (non-hydrogen) atoms. The molecule has 0 saturated heterocycles. The van der Waals surface area contributed by atoms with E-state index in [1.165, 1.54) is 10.6 Å². The number of hydrogen-bond donors (Lipinski definition) is 1. The van der Waals surface area contributed by atoms with Crippen LogP contribution >= 0.6 is 0 Å². The van der Waals surface area contributed by atoms with Crippen LogP contribution in [0.5, 0.6) is 0 Å². The number of benzene rings is 1. The second-order valence-electron chi connectivity index (χ2n) is 4.67. The molecule has 2 aromatic rings. The van der Waals surface area contributed by atoms with E-state index in [0.717, 1.165) is 6.42 Å². The Labute approximate surface area is 122 Å². The maximum absolute atomic E-state index is 14.0. The van der Waals surface area contributed by atoms with Crippen molar-refractivity contribution in [3.8, 4) is 11.8 Å². The molecule has 0 aliphatic heterocycles. The maximum atomic E-state index is 14.0. The van der Waals surface area contributed by atoms with Gasteiger partial charge in [-0.2, -0.15) is 0 Å². The predicted molar refractivity (Wildman–Crippen MR) is 78.4 cm³/mol. The summed E-state index contributed by atoms with van der Waals surface area (Å²) in [6, 6.07) is 4.60. The van der Waals surface area contributed by atoms with Crippen molar-refractivity contribution in [3.05, 3.63) is 58.0 Å². The van der Waals surface area contributed by atoms with Gasteiger partial charge in [-0.3, -0.25) is 9.13 Å². The summed E-state index contributed by atoms with van der Waals surface area (Å²) in [6.07, 6.45) is 4.25. The topological polar surface area (TPSA) is 47.2 Å². The van der Waals surface area contributed by atoms with E-state index in [1.54, 1.807) is 29.1 Å². The van der Waals surface area contributed by atoms with Crippen molar-refractivity contribution in [2.45, 2.75) is 26.4 Å². The van der Waals surface area contributed by atoms with Gasteiger partial charge in [0.15, 0.2) is 0 Å². The van der Waals surface area contributed by atoms with Gasteiger partial charge in [-0.15, -0.1) is 0 Å². The van der Waals surface area contributed by atoms with Gasteiger partial charge >= 0.3 is 5.69 Å². The van der Waals surface area contributed by atoms with Crippen molar-refractivity contribution in [3.63, 3.8) is 0 Å². The highest BCUT2D eigenvalue weighted by atomic mass is 19.1. The van der Waals surface area contributed by atoms with Crippen LogP contribution in [0.25, 0.3) is 0 Å². The van der Waals surface area contributed by atoms with E-state index < -0.39 is 5.82 Å². The fourth-order valence-electron chi connectivity index (χ4n) is 2.06. The summed E-state index contributed by atoms with van der Waals surface area (Å²) in [4.78, 5) is 12.0. The van der Waals surface area contributed by atoms with Gasteiger partial charge in [0.2, 0.25) is 0 Å². The lowest BCUT2D eigenvalue weighted by molar-refractivity contribution is 0.350. The van der Waals surface area contributed by atoms with Crippen molar-refractivity contribution < 1.29 is 9.50 Å². The molecule has 1 aromatic carbocycles. The smallest absolute Gasteiger partial charge is 0.328 e. The van der Waals surface area contributed by atoms with Crippen molar-refractivity contribution in [1.82, 2.24) is 9.13 Å². The van der Waals surface area contributed by atoms with E-state index in [0.29, 0.717) is 17.7 Å². The molecule has 4 nitrogen and oxygen atoms in total. The largest absolute Gasteiger partial charge is 0.384 e. The molecule has 0 amide bonds. The highest BCUT2D eigenvalue weighted by Gasteiger charge is 2.07. The Balaban J connectivity index is 2.22. The zero-order chi connectivity index (χ0) is 15.2. The standard InChI is InChI=1S/C16H17FN2O2/c1-2-7-18-8-9-19(16(18)21)12-14-6-5-13(4-3-10-20)11-15(14)17/h5-6,8-9,11,20H,2,7,10,12H2,1H3. The summed E-state index contributed by atoms with van der Waals surface area (Å²) in [6.45, 7) is 2.58. The molecule has 0 aliphatic carbocycles. The first-order valence-electron chi connectivity index (χ1n) is 6.79. The number of halogens is 1. The average molecular weight is 288 g/mol. The molecule has 0 aliphatic rings. The summed E-state index contributed by atoms with van der Waals surface area (Å²) in [7, 11) is 0. The fourth-order valence-corrected chi connectivity index (χ4v) is 2.06. The SMILES string of the molecule is CCCn1ccn(Cc2ccc(C#CCO)cc2F)c1=O. The van der Waals surface area contributed by atoms with Gasteiger partial charge in [-0.25, -0.2) is 9.18 Å². The zero-order valence-corrected chi connectivity index (χ0v) is 11.8. The van der Waals surface area contributed by atoms with Crippen LogP contribution in [0.3, 0.4) is 0 Å². The Morgan fingerprint density at radius 1 is 1.29 bits per heavy atom. The second kappa shape index (κ2) is 6.91.